The summed E-state index contributed by atoms with van der Waals surface area (Å²) in [7, 11) is 0. The molecule has 11 heteroatoms. The summed E-state index contributed by atoms with van der Waals surface area (Å²) >= 11 is 1.04. The smallest absolute Gasteiger partial charge is 0.416 e. The van der Waals surface area contributed by atoms with Crippen LogP contribution in [0.4, 0.5) is 18.9 Å². The van der Waals surface area contributed by atoms with Crippen molar-refractivity contribution >= 4 is 23.4 Å². The van der Waals surface area contributed by atoms with Gasteiger partial charge in [-0.05, 0) is 37.5 Å². The maximum atomic E-state index is 13.0. The number of carbonyl (C=O) groups excluding carboxylic acids is 1. The van der Waals surface area contributed by atoms with E-state index >= 15 is 0 Å². The van der Waals surface area contributed by atoms with Crippen LogP contribution in [0.2, 0.25) is 0 Å². The molecule has 3 rings (SSSR count). The highest BCUT2D eigenvalue weighted by Gasteiger charge is 2.32. The topological polar surface area (TPSA) is 89.0 Å². The summed E-state index contributed by atoms with van der Waals surface area (Å²) in [5.41, 5.74) is -1.26. The van der Waals surface area contributed by atoms with Crippen molar-refractivity contribution in [2.24, 2.45) is 0 Å². The fraction of sp³-hybridized carbons (Fsp3) is 0.471. The van der Waals surface area contributed by atoms with Crippen LogP contribution in [-0.2, 0) is 11.0 Å². The number of carbonyl (C=O) groups is 1. The van der Waals surface area contributed by atoms with Crippen LogP contribution < -0.4 is 15.7 Å². The van der Waals surface area contributed by atoms with E-state index in [2.05, 4.69) is 15.5 Å². The maximum absolute atomic E-state index is 13.0. The van der Waals surface area contributed by atoms with Gasteiger partial charge in [-0.1, -0.05) is 18.7 Å². The van der Waals surface area contributed by atoms with Crippen LogP contribution in [0.5, 0.6) is 5.75 Å². The monoisotopic (exact) mass is 416 g/mol. The molecule has 1 saturated carbocycles. The van der Waals surface area contributed by atoms with Gasteiger partial charge in [0.05, 0.1) is 23.6 Å². The van der Waals surface area contributed by atoms with Gasteiger partial charge in [0, 0.05) is 6.04 Å². The average Bonchev–Trinajstić information content (AvgIpc) is 3.40. The summed E-state index contributed by atoms with van der Waals surface area (Å²) < 4.78 is 45.9. The molecule has 1 amide bonds. The Morgan fingerprint density at radius 2 is 2.18 bits per heavy atom. The van der Waals surface area contributed by atoms with E-state index in [9.17, 15) is 22.8 Å². The normalized spacial score (nSPS) is 14.1. The SMILES string of the molecule is CCCOc1ccc(C(F)(F)F)cc1NC(=O)CSc1n[nH]c(=O)n1C1CC1. The lowest BCUT2D eigenvalue weighted by atomic mass is 10.1. The van der Waals surface area contributed by atoms with Crippen LogP contribution in [-0.4, -0.2) is 33.0 Å². The molecule has 1 fully saturated rings. The van der Waals surface area contributed by atoms with E-state index in [0.717, 1.165) is 36.7 Å². The molecule has 28 heavy (non-hydrogen) atoms. The minimum Gasteiger partial charge on any atom is -0.491 e. The van der Waals surface area contributed by atoms with Gasteiger partial charge in [-0.2, -0.15) is 13.2 Å². The standard InChI is InChI=1S/C17H19F3N4O3S/c1-2-7-27-13-6-3-10(17(18,19)20)8-12(13)21-14(25)9-28-16-23-22-15(26)24(16)11-4-5-11/h3,6,8,11H,2,4-5,7,9H2,1H3,(H,21,25)(H,22,26). The molecule has 152 valence electrons. The van der Waals surface area contributed by atoms with Crippen molar-refractivity contribution in [3.05, 3.63) is 34.2 Å². The van der Waals surface area contributed by atoms with E-state index in [4.69, 9.17) is 4.74 Å². The van der Waals surface area contributed by atoms with E-state index in [0.29, 0.717) is 18.2 Å². The number of benzene rings is 1. The van der Waals surface area contributed by atoms with Crippen molar-refractivity contribution in [1.82, 2.24) is 14.8 Å². The van der Waals surface area contributed by atoms with Gasteiger partial charge < -0.3 is 10.1 Å². The summed E-state index contributed by atoms with van der Waals surface area (Å²) in [6, 6.07) is 3.05. The molecule has 1 aromatic carbocycles. The van der Waals surface area contributed by atoms with E-state index < -0.39 is 17.6 Å². The van der Waals surface area contributed by atoms with Crippen molar-refractivity contribution in [2.45, 2.75) is 43.6 Å². The Balaban J connectivity index is 1.70. The Labute approximate surface area is 162 Å². The molecule has 2 N–H and O–H groups in total. The van der Waals surface area contributed by atoms with Crippen molar-refractivity contribution in [1.29, 1.82) is 0 Å². The molecule has 0 bridgehead atoms. The van der Waals surface area contributed by atoms with Gasteiger partial charge in [0.1, 0.15) is 5.75 Å². The number of halogens is 3. The van der Waals surface area contributed by atoms with Gasteiger partial charge in [0.15, 0.2) is 5.16 Å². The molecule has 2 aromatic rings. The lowest BCUT2D eigenvalue weighted by Crippen LogP contribution is -2.18. The van der Waals surface area contributed by atoms with Gasteiger partial charge in [0.2, 0.25) is 5.91 Å². The molecule has 0 spiro atoms. The number of rotatable bonds is 8. The average molecular weight is 416 g/mol. The summed E-state index contributed by atoms with van der Waals surface area (Å²) in [4.78, 5) is 24.0. The van der Waals surface area contributed by atoms with Crippen LogP contribution in [0.25, 0.3) is 0 Å². The van der Waals surface area contributed by atoms with E-state index in [1.54, 1.807) is 0 Å². The second-order valence-electron chi connectivity index (χ2n) is 6.31. The number of hydrogen-bond acceptors (Lipinski definition) is 5. The first-order chi connectivity index (χ1) is 13.3. The lowest BCUT2D eigenvalue weighted by molar-refractivity contribution is -0.137. The second kappa shape index (κ2) is 8.29. The Morgan fingerprint density at radius 3 is 2.82 bits per heavy atom. The molecular formula is C17H19F3N4O3S. The Morgan fingerprint density at radius 1 is 1.43 bits per heavy atom. The fourth-order valence-corrected chi connectivity index (χ4v) is 3.32. The quantitative estimate of drug-likeness (QED) is 0.644. The molecule has 1 heterocycles. The third-order valence-electron chi connectivity index (χ3n) is 3.96. The number of nitrogens with zero attached hydrogens (tertiary/aromatic N) is 2. The summed E-state index contributed by atoms with van der Waals surface area (Å²) in [5, 5.41) is 9.09. The van der Waals surface area contributed by atoms with Crippen LogP contribution in [0.3, 0.4) is 0 Å². The third kappa shape index (κ3) is 4.89. The number of nitrogens with one attached hydrogen (secondary N) is 2. The first kappa shape index (κ1) is 20.3. The van der Waals surface area contributed by atoms with Gasteiger partial charge in [0.25, 0.3) is 0 Å². The molecule has 0 saturated heterocycles. The third-order valence-corrected chi connectivity index (χ3v) is 4.91. The van der Waals surface area contributed by atoms with Crippen molar-refractivity contribution < 1.29 is 22.7 Å². The Hall–Kier alpha value is -2.43. The molecular weight excluding hydrogens is 397 g/mol. The van der Waals surface area contributed by atoms with Crippen LogP contribution in [0.1, 0.15) is 37.8 Å². The minimum atomic E-state index is -4.53. The number of H-pyrrole nitrogens is 1. The highest BCUT2D eigenvalue weighted by molar-refractivity contribution is 7.99. The van der Waals surface area contributed by atoms with Gasteiger partial charge in [-0.3, -0.25) is 9.36 Å². The van der Waals surface area contributed by atoms with Crippen LogP contribution in [0.15, 0.2) is 28.2 Å². The van der Waals surface area contributed by atoms with Gasteiger partial charge >= 0.3 is 11.9 Å². The molecule has 0 aliphatic heterocycles. The Kier molecular flexibility index (Phi) is 6.01. The highest BCUT2D eigenvalue weighted by Crippen LogP contribution is 2.37. The fourth-order valence-electron chi connectivity index (χ4n) is 2.51. The van der Waals surface area contributed by atoms with Crippen LogP contribution >= 0.6 is 11.8 Å². The molecule has 1 aromatic heterocycles. The molecule has 1 aliphatic rings. The summed E-state index contributed by atoms with van der Waals surface area (Å²) in [6.07, 6.45) is -2.11. The maximum Gasteiger partial charge on any atom is 0.416 e. The highest BCUT2D eigenvalue weighted by atomic mass is 32.2. The number of thioether (sulfide) groups is 1. The zero-order valence-corrected chi connectivity index (χ0v) is 15.8. The first-order valence-corrected chi connectivity index (χ1v) is 9.71. The van der Waals surface area contributed by atoms with Crippen molar-refractivity contribution in [3.63, 3.8) is 0 Å². The van der Waals surface area contributed by atoms with E-state index in [1.807, 2.05) is 6.92 Å². The molecule has 1 aliphatic carbocycles. The first-order valence-electron chi connectivity index (χ1n) is 8.73. The second-order valence-corrected chi connectivity index (χ2v) is 7.25. The number of hydrogen-bond donors (Lipinski definition) is 2. The van der Waals surface area contributed by atoms with Gasteiger partial charge in [-0.25, -0.2) is 9.89 Å². The zero-order chi connectivity index (χ0) is 20.3. The molecule has 7 nitrogen and oxygen atoms in total. The molecule has 0 unspecified atom stereocenters. The number of ether oxygens (including phenoxy) is 1. The van der Waals surface area contributed by atoms with Crippen LogP contribution in [0, 0.1) is 0 Å². The number of anilines is 1. The molecule has 0 atom stereocenters. The van der Waals surface area contributed by atoms with Gasteiger partial charge in [-0.15, -0.1) is 5.10 Å². The summed E-state index contributed by atoms with van der Waals surface area (Å²) in [6.45, 7) is 2.17. The zero-order valence-electron chi connectivity index (χ0n) is 15.0. The number of alkyl halides is 3. The minimum absolute atomic E-state index is 0.0458. The summed E-state index contributed by atoms with van der Waals surface area (Å²) in [5.74, 6) is -0.466. The van der Waals surface area contributed by atoms with Crippen molar-refractivity contribution in [2.75, 3.05) is 17.7 Å². The number of amides is 1. The predicted molar refractivity (Wildman–Crippen MR) is 97.7 cm³/mol. The van der Waals surface area contributed by atoms with E-state index in [1.165, 1.54) is 10.6 Å². The predicted octanol–water partition coefficient (Wildman–Crippen LogP) is 3.44. The molecule has 0 radical (unpaired) electrons. The Bertz CT molecular complexity index is 906. The largest absolute Gasteiger partial charge is 0.491 e. The van der Waals surface area contributed by atoms with E-state index in [-0.39, 0.29) is 28.9 Å². The van der Waals surface area contributed by atoms with Crippen molar-refractivity contribution in [3.8, 4) is 5.75 Å². The lowest BCUT2D eigenvalue weighted by Gasteiger charge is -2.15. The number of aromatic amines is 1. The number of aromatic nitrogens is 3.